The number of hydrogen-bond donors (Lipinski definition) is 1. The van der Waals surface area contributed by atoms with Crippen LogP contribution in [0, 0.1) is 0 Å². The van der Waals surface area contributed by atoms with Gasteiger partial charge in [0.25, 0.3) is 0 Å². The summed E-state index contributed by atoms with van der Waals surface area (Å²) in [5.74, 6) is 0. The van der Waals surface area contributed by atoms with Gasteiger partial charge in [-0.2, -0.15) is 0 Å². The minimum atomic E-state index is 0.572. The van der Waals surface area contributed by atoms with Crippen molar-refractivity contribution in [3.8, 4) is 0 Å². The SMILES string of the molecule is CCCC(NCC)C(CC)N(CCOC)C(C)C. The topological polar surface area (TPSA) is 24.5 Å². The predicted octanol–water partition coefficient (Wildman–Crippen LogP) is 2.90. The van der Waals surface area contributed by atoms with Crippen LogP contribution in [0.25, 0.3) is 0 Å². The molecule has 2 unspecified atom stereocenters. The van der Waals surface area contributed by atoms with Crippen LogP contribution in [0.4, 0.5) is 0 Å². The van der Waals surface area contributed by atoms with Gasteiger partial charge in [0.2, 0.25) is 0 Å². The Morgan fingerprint density at radius 2 is 1.83 bits per heavy atom. The summed E-state index contributed by atoms with van der Waals surface area (Å²) in [5, 5.41) is 3.66. The van der Waals surface area contributed by atoms with E-state index in [0.29, 0.717) is 18.1 Å². The van der Waals surface area contributed by atoms with Gasteiger partial charge in [-0.05, 0) is 33.2 Å². The van der Waals surface area contributed by atoms with Crippen molar-refractivity contribution < 1.29 is 4.74 Å². The summed E-state index contributed by atoms with van der Waals surface area (Å²) in [5.41, 5.74) is 0. The van der Waals surface area contributed by atoms with Crippen molar-refractivity contribution >= 4 is 0 Å². The quantitative estimate of drug-likeness (QED) is 0.617. The van der Waals surface area contributed by atoms with Gasteiger partial charge < -0.3 is 10.1 Å². The highest BCUT2D eigenvalue weighted by atomic mass is 16.5. The second-order valence-electron chi connectivity index (χ2n) is 5.25. The smallest absolute Gasteiger partial charge is 0.0589 e. The highest BCUT2D eigenvalue weighted by molar-refractivity contribution is 4.85. The summed E-state index contributed by atoms with van der Waals surface area (Å²) in [7, 11) is 1.78. The molecule has 0 fully saturated rings. The summed E-state index contributed by atoms with van der Waals surface area (Å²) in [6, 6.07) is 1.78. The maximum Gasteiger partial charge on any atom is 0.0589 e. The van der Waals surface area contributed by atoms with E-state index in [2.05, 4.69) is 44.8 Å². The Morgan fingerprint density at radius 1 is 1.17 bits per heavy atom. The van der Waals surface area contributed by atoms with E-state index < -0.39 is 0 Å². The Bertz CT molecular complexity index is 179. The van der Waals surface area contributed by atoms with E-state index >= 15 is 0 Å². The molecule has 0 aliphatic carbocycles. The Kier molecular flexibility index (Phi) is 10.7. The number of nitrogens with one attached hydrogen (secondary N) is 1. The molecular weight excluding hydrogens is 224 g/mol. The maximum atomic E-state index is 5.25. The third-order valence-corrected chi connectivity index (χ3v) is 3.59. The number of rotatable bonds is 11. The Balaban J connectivity index is 4.70. The molecule has 0 saturated heterocycles. The molecule has 0 aromatic heterocycles. The monoisotopic (exact) mass is 258 g/mol. The summed E-state index contributed by atoms with van der Waals surface area (Å²) >= 11 is 0. The van der Waals surface area contributed by atoms with Crippen LogP contribution in [0.3, 0.4) is 0 Å². The first-order valence-electron chi connectivity index (χ1n) is 7.60. The van der Waals surface area contributed by atoms with Gasteiger partial charge in [0.15, 0.2) is 0 Å². The Hall–Kier alpha value is -0.120. The molecule has 110 valence electrons. The van der Waals surface area contributed by atoms with Crippen LogP contribution in [0.2, 0.25) is 0 Å². The van der Waals surface area contributed by atoms with Gasteiger partial charge in [-0.3, -0.25) is 4.90 Å². The molecule has 0 aromatic carbocycles. The molecular formula is C15H34N2O. The minimum absolute atomic E-state index is 0.572. The lowest BCUT2D eigenvalue weighted by Gasteiger charge is -2.39. The van der Waals surface area contributed by atoms with Crippen molar-refractivity contribution in [1.29, 1.82) is 0 Å². The van der Waals surface area contributed by atoms with E-state index in [-0.39, 0.29) is 0 Å². The average Bonchev–Trinajstić information content (AvgIpc) is 2.34. The van der Waals surface area contributed by atoms with Crippen molar-refractivity contribution in [1.82, 2.24) is 10.2 Å². The van der Waals surface area contributed by atoms with Crippen molar-refractivity contribution in [3.63, 3.8) is 0 Å². The lowest BCUT2D eigenvalue weighted by molar-refractivity contribution is 0.0738. The number of ether oxygens (including phenoxy) is 1. The second kappa shape index (κ2) is 10.8. The maximum absolute atomic E-state index is 5.25. The van der Waals surface area contributed by atoms with E-state index in [1.807, 2.05) is 0 Å². The fourth-order valence-electron chi connectivity index (χ4n) is 2.76. The Morgan fingerprint density at radius 3 is 2.22 bits per heavy atom. The van der Waals surface area contributed by atoms with Crippen molar-refractivity contribution in [2.24, 2.45) is 0 Å². The molecule has 0 aromatic rings. The molecule has 1 N–H and O–H groups in total. The first-order valence-corrected chi connectivity index (χ1v) is 7.60. The van der Waals surface area contributed by atoms with Crippen LogP contribution in [0.1, 0.15) is 53.9 Å². The van der Waals surface area contributed by atoms with Crippen LogP contribution in [-0.4, -0.2) is 49.8 Å². The molecule has 2 atom stereocenters. The molecule has 0 bridgehead atoms. The van der Waals surface area contributed by atoms with E-state index in [0.717, 1.165) is 19.7 Å². The molecule has 0 radical (unpaired) electrons. The molecule has 0 amide bonds. The van der Waals surface area contributed by atoms with Gasteiger partial charge in [-0.1, -0.05) is 27.2 Å². The van der Waals surface area contributed by atoms with Crippen molar-refractivity contribution in [2.45, 2.75) is 72.0 Å². The van der Waals surface area contributed by atoms with E-state index in [1.54, 1.807) is 7.11 Å². The third-order valence-electron chi connectivity index (χ3n) is 3.59. The largest absolute Gasteiger partial charge is 0.383 e. The van der Waals surface area contributed by atoms with Crippen LogP contribution in [0.5, 0.6) is 0 Å². The zero-order valence-electron chi connectivity index (χ0n) is 13.3. The minimum Gasteiger partial charge on any atom is -0.383 e. The fourth-order valence-corrected chi connectivity index (χ4v) is 2.76. The molecule has 3 nitrogen and oxygen atoms in total. The normalized spacial score (nSPS) is 15.3. The number of nitrogens with zero attached hydrogens (tertiary/aromatic N) is 1. The van der Waals surface area contributed by atoms with Crippen LogP contribution >= 0.6 is 0 Å². The zero-order chi connectivity index (χ0) is 14.0. The van der Waals surface area contributed by atoms with Gasteiger partial charge in [0, 0.05) is 31.8 Å². The summed E-state index contributed by atoms with van der Waals surface area (Å²) in [6.45, 7) is 14.2. The second-order valence-corrected chi connectivity index (χ2v) is 5.25. The van der Waals surface area contributed by atoms with Crippen molar-refractivity contribution in [3.05, 3.63) is 0 Å². The Labute approximate surface area is 114 Å². The first kappa shape index (κ1) is 17.9. The van der Waals surface area contributed by atoms with Crippen LogP contribution < -0.4 is 5.32 Å². The van der Waals surface area contributed by atoms with Gasteiger partial charge in [0.1, 0.15) is 0 Å². The number of methoxy groups -OCH3 is 1. The summed E-state index contributed by atoms with van der Waals surface area (Å²) in [6.07, 6.45) is 3.69. The molecule has 0 aliphatic heterocycles. The average molecular weight is 258 g/mol. The summed E-state index contributed by atoms with van der Waals surface area (Å²) in [4.78, 5) is 2.59. The van der Waals surface area contributed by atoms with Crippen LogP contribution in [0.15, 0.2) is 0 Å². The van der Waals surface area contributed by atoms with Gasteiger partial charge in [0.05, 0.1) is 6.61 Å². The van der Waals surface area contributed by atoms with E-state index in [9.17, 15) is 0 Å². The molecule has 3 heteroatoms. The van der Waals surface area contributed by atoms with Crippen molar-refractivity contribution in [2.75, 3.05) is 26.8 Å². The van der Waals surface area contributed by atoms with Gasteiger partial charge in [-0.25, -0.2) is 0 Å². The highest BCUT2D eigenvalue weighted by Gasteiger charge is 2.26. The molecule has 0 rings (SSSR count). The molecule has 0 spiro atoms. The zero-order valence-corrected chi connectivity index (χ0v) is 13.3. The summed E-state index contributed by atoms with van der Waals surface area (Å²) < 4.78 is 5.25. The molecule has 0 heterocycles. The lowest BCUT2D eigenvalue weighted by atomic mass is 9.97. The fraction of sp³-hybridized carbons (Fsp3) is 1.00. The standard InChI is InChI=1S/C15H34N2O/c1-7-10-14(16-9-3)15(8-2)17(13(4)5)11-12-18-6/h13-16H,7-12H2,1-6H3. The van der Waals surface area contributed by atoms with E-state index in [4.69, 9.17) is 4.74 Å². The van der Waals surface area contributed by atoms with Crippen LogP contribution in [-0.2, 0) is 4.74 Å². The molecule has 18 heavy (non-hydrogen) atoms. The van der Waals surface area contributed by atoms with Gasteiger partial charge in [-0.15, -0.1) is 0 Å². The predicted molar refractivity (Wildman–Crippen MR) is 80.2 cm³/mol. The molecule has 0 aliphatic rings. The lowest BCUT2D eigenvalue weighted by Crippen LogP contribution is -2.53. The number of hydrogen-bond acceptors (Lipinski definition) is 3. The molecule has 0 saturated carbocycles. The first-order chi connectivity index (χ1) is 8.62. The number of likely N-dealkylation sites (N-methyl/N-ethyl adjacent to an activating group) is 1. The highest BCUT2D eigenvalue weighted by Crippen LogP contribution is 2.16. The van der Waals surface area contributed by atoms with E-state index in [1.165, 1.54) is 19.3 Å². The third kappa shape index (κ3) is 6.17. The van der Waals surface area contributed by atoms with Gasteiger partial charge >= 0.3 is 0 Å².